The van der Waals surface area contributed by atoms with E-state index in [2.05, 4.69) is 60.7 Å². The molecule has 0 aliphatic rings. The molecule has 0 amide bonds. The van der Waals surface area contributed by atoms with E-state index in [1.165, 1.54) is 9.90 Å². The number of rotatable bonds is 4. The number of nitrogens with zero attached hydrogens (tertiary/aromatic N) is 2. The predicted octanol–water partition coefficient (Wildman–Crippen LogP) is 5.19. The number of aromatic nitrogens is 2. The zero-order valence-electron chi connectivity index (χ0n) is 10.3. The third-order valence-electron chi connectivity index (χ3n) is 2.58. The Hall–Kier alpha value is -0.400. The first-order valence-electron chi connectivity index (χ1n) is 5.83. The minimum absolute atomic E-state index is 0.515. The van der Waals surface area contributed by atoms with Gasteiger partial charge in [-0.1, -0.05) is 24.9 Å². The van der Waals surface area contributed by atoms with Gasteiger partial charge in [-0.2, -0.15) is 0 Å². The average Bonchev–Trinajstić information content (AvgIpc) is 2.37. The molecule has 0 aliphatic carbocycles. The zero-order valence-corrected chi connectivity index (χ0v) is 14.8. The van der Waals surface area contributed by atoms with Crippen molar-refractivity contribution in [2.24, 2.45) is 0 Å². The summed E-state index contributed by atoms with van der Waals surface area (Å²) in [7, 11) is 0. The van der Waals surface area contributed by atoms with Crippen LogP contribution in [0.3, 0.4) is 0 Å². The molecule has 2 rings (SSSR count). The number of hydrogen-bond acceptors (Lipinski definition) is 3. The van der Waals surface area contributed by atoms with Crippen molar-refractivity contribution in [3.05, 3.63) is 43.3 Å². The van der Waals surface area contributed by atoms with E-state index in [1.807, 2.05) is 18.2 Å². The van der Waals surface area contributed by atoms with Gasteiger partial charge in [0.05, 0.1) is 5.69 Å². The van der Waals surface area contributed by atoms with Gasteiger partial charge in [-0.3, -0.25) is 0 Å². The summed E-state index contributed by atoms with van der Waals surface area (Å²) < 4.78 is 2.17. The zero-order chi connectivity index (χ0) is 13.8. The Labute approximate surface area is 139 Å². The number of anilines is 2. The van der Waals surface area contributed by atoms with E-state index < -0.39 is 0 Å². The van der Waals surface area contributed by atoms with Gasteiger partial charge in [-0.15, -0.1) is 0 Å². The molecule has 3 nitrogen and oxygen atoms in total. The molecule has 19 heavy (non-hydrogen) atoms. The molecule has 1 heterocycles. The van der Waals surface area contributed by atoms with Crippen molar-refractivity contribution in [3.63, 3.8) is 0 Å². The third-order valence-corrected chi connectivity index (χ3v) is 4.23. The van der Waals surface area contributed by atoms with Gasteiger partial charge in [0.15, 0.2) is 0 Å². The minimum atomic E-state index is 0.515. The first kappa shape index (κ1) is 15.0. The lowest BCUT2D eigenvalue weighted by molar-refractivity contribution is 0.904. The summed E-state index contributed by atoms with van der Waals surface area (Å²) in [5.74, 6) is 0.767. The Bertz CT molecular complexity index is 592. The van der Waals surface area contributed by atoms with E-state index in [1.54, 1.807) is 0 Å². The second-order valence-corrected chi connectivity index (χ2v) is 6.45. The van der Waals surface area contributed by atoms with E-state index in [0.29, 0.717) is 5.15 Å². The molecule has 0 aliphatic heterocycles. The van der Waals surface area contributed by atoms with Crippen molar-refractivity contribution >= 4 is 61.6 Å². The Balaban J connectivity index is 2.35. The highest BCUT2D eigenvalue weighted by atomic mass is 127. The standard InChI is InChI=1S/C13H12BrClIN3/c1-2-3-9-12(15)17-7-18-13(9)19-11-5-4-8(16)6-10(11)14/h4-7H,2-3H2,1H3,(H,17,18,19). The molecule has 1 N–H and O–H groups in total. The molecule has 0 spiro atoms. The van der Waals surface area contributed by atoms with Crippen LogP contribution in [0, 0.1) is 3.57 Å². The van der Waals surface area contributed by atoms with Gasteiger partial charge < -0.3 is 5.32 Å². The summed E-state index contributed by atoms with van der Waals surface area (Å²) in [6.07, 6.45) is 3.32. The van der Waals surface area contributed by atoms with Crippen molar-refractivity contribution in [1.82, 2.24) is 9.97 Å². The second kappa shape index (κ2) is 6.85. The van der Waals surface area contributed by atoms with Crippen LogP contribution >= 0.6 is 50.1 Å². The second-order valence-electron chi connectivity index (χ2n) is 3.99. The van der Waals surface area contributed by atoms with Crippen LogP contribution < -0.4 is 5.32 Å². The molecular formula is C13H12BrClIN3. The molecule has 1 aromatic heterocycles. The van der Waals surface area contributed by atoms with Gasteiger partial charge >= 0.3 is 0 Å². The summed E-state index contributed by atoms with van der Waals surface area (Å²) in [5, 5.41) is 3.82. The van der Waals surface area contributed by atoms with Gasteiger partial charge in [0, 0.05) is 13.6 Å². The number of benzene rings is 1. The van der Waals surface area contributed by atoms with Gasteiger partial charge in [0.2, 0.25) is 0 Å². The lowest BCUT2D eigenvalue weighted by Crippen LogP contribution is -2.02. The van der Waals surface area contributed by atoms with Gasteiger partial charge in [0.25, 0.3) is 0 Å². The normalized spacial score (nSPS) is 10.5. The Kier molecular flexibility index (Phi) is 5.41. The third kappa shape index (κ3) is 3.79. The number of halogens is 3. The molecule has 0 radical (unpaired) electrons. The lowest BCUT2D eigenvalue weighted by atomic mass is 10.2. The quantitative estimate of drug-likeness (QED) is 0.512. The van der Waals surface area contributed by atoms with Crippen molar-refractivity contribution in [3.8, 4) is 0 Å². The number of hydrogen-bond donors (Lipinski definition) is 1. The fraction of sp³-hybridized carbons (Fsp3) is 0.231. The van der Waals surface area contributed by atoms with E-state index in [0.717, 1.165) is 34.4 Å². The summed E-state index contributed by atoms with van der Waals surface area (Å²) >= 11 is 12.0. The van der Waals surface area contributed by atoms with Crippen LogP contribution in [0.5, 0.6) is 0 Å². The van der Waals surface area contributed by atoms with Crippen LogP contribution in [0.25, 0.3) is 0 Å². The van der Waals surface area contributed by atoms with Crippen molar-refractivity contribution in [2.75, 3.05) is 5.32 Å². The average molecular weight is 453 g/mol. The van der Waals surface area contributed by atoms with Crippen LogP contribution in [0.1, 0.15) is 18.9 Å². The summed E-state index contributed by atoms with van der Waals surface area (Å²) in [5.41, 5.74) is 1.92. The Morgan fingerprint density at radius 3 is 2.84 bits per heavy atom. The fourth-order valence-corrected chi connectivity index (χ4v) is 3.31. The molecule has 6 heteroatoms. The number of nitrogens with one attached hydrogen (secondary N) is 1. The smallest absolute Gasteiger partial charge is 0.138 e. The largest absolute Gasteiger partial charge is 0.339 e. The molecule has 100 valence electrons. The maximum atomic E-state index is 6.14. The SMILES string of the molecule is CCCc1c(Cl)ncnc1Nc1ccc(I)cc1Br. The summed E-state index contributed by atoms with van der Waals surface area (Å²) in [6.45, 7) is 2.11. The maximum Gasteiger partial charge on any atom is 0.138 e. The van der Waals surface area contributed by atoms with E-state index in [9.17, 15) is 0 Å². The summed E-state index contributed by atoms with van der Waals surface area (Å²) in [4.78, 5) is 8.33. The first-order chi connectivity index (χ1) is 9.11. The van der Waals surface area contributed by atoms with Crippen LogP contribution in [0.15, 0.2) is 29.0 Å². The van der Waals surface area contributed by atoms with E-state index in [4.69, 9.17) is 11.6 Å². The predicted molar refractivity (Wildman–Crippen MR) is 91.2 cm³/mol. The minimum Gasteiger partial charge on any atom is -0.339 e. The summed E-state index contributed by atoms with van der Waals surface area (Å²) in [6, 6.07) is 6.10. The van der Waals surface area contributed by atoms with E-state index in [-0.39, 0.29) is 0 Å². The van der Waals surface area contributed by atoms with Crippen LogP contribution in [-0.4, -0.2) is 9.97 Å². The van der Waals surface area contributed by atoms with Gasteiger partial charge in [-0.05, 0) is 63.1 Å². The molecule has 2 aromatic rings. The van der Waals surface area contributed by atoms with Crippen LogP contribution in [0.2, 0.25) is 5.15 Å². The van der Waals surface area contributed by atoms with Crippen molar-refractivity contribution in [1.29, 1.82) is 0 Å². The topological polar surface area (TPSA) is 37.8 Å². The van der Waals surface area contributed by atoms with Gasteiger partial charge in [0.1, 0.15) is 17.3 Å². The van der Waals surface area contributed by atoms with Crippen LogP contribution in [0.4, 0.5) is 11.5 Å². The fourth-order valence-electron chi connectivity index (χ4n) is 1.69. The van der Waals surface area contributed by atoms with Crippen molar-refractivity contribution < 1.29 is 0 Å². The highest BCUT2D eigenvalue weighted by molar-refractivity contribution is 14.1. The lowest BCUT2D eigenvalue weighted by Gasteiger charge is -2.12. The Morgan fingerprint density at radius 2 is 2.16 bits per heavy atom. The van der Waals surface area contributed by atoms with E-state index >= 15 is 0 Å². The van der Waals surface area contributed by atoms with Crippen molar-refractivity contribution in [2.45, 2.75) is 19.8 Å². The molecule has 0 bridgehead atoms. The maximum absolute atomic E-state index is 6.14. The highest BCUT2D eigenvalue weighted by Crippen LogP contribution is 2.30. The monoisotopic (exact) mass is 451 g/mol. The highest BCUT2D eigenvalue weighted by Gasteiger charge is 2.10. The molecule has 1 aromatic carbocycles. The Morgan fingerprint density at radius 1 is 1.37 bits per heavy atom. The molecule has 0 atom stereocenters. The molecule has 0 saturated heterocycles. The molecule has 0 saturated carbocycles. The first-order valence-corrected chi connectivity index (χ1v) is 8.08. The molecule has 0 fully saturated rings. The molecular weight excluding hydrogens is 440 g/mol. The van der Waals surface area contributed by atoms with Gasteiger partial charge in [-0.25, -0.2) is 9.97 Å². The van der Waals surface area contributed by atoms with Crippen LogP contribution in [-0.2, 0) is 6.42 Å². The molecule has 0 unspecified atom stereocenters.